The maximum absolute atomic E-state index is 4.17. The smallest absolute Gasteiger partial charge is 0.0552 e. The van der Waals surface area contributed by atoms with Gasteiger partial charge in [-0.2, -0.15) is 0 Å². The fourth-order valence-electron chi connectivity index (χ4n) is 2.35. The van der Waals surface area contributed by atoms with E-state index in [1.165, 1.54) is 12.1 Å². The Bertz CT molecular complexity index is 299. The normalized spacial score (nSPS) is 26.7. The van der Waals surface area contributed by atoms with Gasteiger partial charge in [0.2, 0.25) is 0 Å². The van der Waals surface area contributed by atoms with Crippen LogP contribution in [0.4, 0.5) is 5.69 Å². The zero-order valence-electron chi connectivity index (χ0n) is 9.48. The van der Waals surface area contributed by atoms with E-state index in [2.05, 4.69) is 35.2 Å². The van der Waals surface area contributed by atoms with Gasteiger partial charge in [-0.15, -0.1) is 0 Å². The van der Waals surface area contributed by atoms with E-state index in [1.54, 1.807) is 0 Å². The molecular formula is C12H19N3. The second-order valence-electron chi connectivity index (χ2n) is 4.32. The van der Waals surface area contributed by atoms with Crippen molar-refractivity contribution in [3.63, 3.8) is 0 Å². The monoisotopic (exact) mass is 205 g/mol. The van der Waals surface area contributed by atoms with E-state index in [4.69, 9.17) is 0 Å². The average molecular weight is 205 g/mol. The van der Waals surface area contributed by atoms with Crippen LogP contribution in [0.2, 0.25) is 0 Å². The van der Waals surface area contributed by atoms with Crippen LogP contribution in [0.3, 0.4) is 0 Å². The lowest BCUT2D eigenvalue weighted by Gasteiger charge is -2.37. The van der Waals surface area contributed by atoms with Crippen LogP contribution in [0.1, 0.15) is 13.3 Å². The maximum Gasteiger partial charge on any atom is 0.0552 e. The molecule has 0 bridgehead atoms. The minimum Gasteiger partial charge on any atom is -0.370 e. The molecule has 82 valence electrons. The fraction of sp³-hybridized carbons (Fsp3) is 0.583. The summed E-state index contributed by atoms with van der Waals surface area (Å²) in [4.78, 5) is 6.59. The Balaban J connectivity index is 2.03. The van der Waals surface area contributed by atoms with Crippen LogP contribution in [-0.4, -0.2) is 31.2 Å². The van der Waals surface area contributed by atoms with Crippen LogP contribution in [0.15, 0.2) is 24.5 Å². The first-order valence-corrected chi connectivity index (χ1v) is 5.63. The Kier molecular flexibility index (Phi) is 3.21. The molecule has 1 N–H and O–H groups in total. The minimum absolute atomic E-state index is 0.665. The van der Waals surface area contributed by atoms with Gasteiger partial charge < -0.3 is 10.2 Å². The predicted octanol–water partition coefficient (Wildman–Crippen LogP) is 1.52. The molecule has 0 radical (unpaired) electrons. The summed E-state index contributed by atoms with van der Waals surface area (Å²) < 4.78 is 0. The number of hydrogen-bond acceptors (Lipinski definition) is 3. The lowest BCUT2D eigenvalue weighted by molar-refractivity contribution is 0.339. The molecule has 2 rings (SSSR count). The summed E-state index contributed by atoms with van der Waals surface area (Å²) >= 11 is 0. The zero-order chi connectivity index (χ0) is 10.7. The van der Waals surface area contributed by atoms with Crippen molar-refractivity contribution in [3.8, 4) is 0 Å². The number of pyridine rings is 1. The van der Waals surface area contributed by atoms with E-state index < -0.39 is 0 Å². The summed E-state index contributed by atoms with van der Waals surface area (Å²) in [6.45, 7) is 4.56. The Labute approximate surface area is 91.5 Å². The Morgan fingerprint density at radius 1 is 1.53 bits per heavy atom. The summed E-state index contributed by atoms with van der Waals surface area (Å²) in [7, 11) is 2.06. The highest BCUT2D eigenvalue weighted by Crippen LogP contribution is 2.21. The molecule has 1 aliphatic heterocycles. The highest BCUT2D eigenvalue weighted by atomic mass is 15.2. The van der Waals surface area contributed by atoms with Gasteiger partial charge in [0.15, 0.2) is 0 Å². The highest BCUT2D eigenvalue weighted by Gasteiger charge is 2.24. The van der Waals surface area contributed by atoms with Crippen molar-refractivity contribution >= 4 is 5.69 Å². The van der Waals surface area contributed by atoms with Crippen molar-refractivity contribution in [3.05, 3.63) is 24.5 Å². The third-order valence-corrected chi connectivity index (χ3v) is 3.29. The first-order valence-electron chi connectivity index (χ1n) is 5.63. The number of rotatable bonds is 2. The van der Waals surface area contributed by atoms with Gasteiger partial charge >= 0.3 is 0 Å². The van der Waals surface area contributed by atoms with Gasteiger partial charge in [-0.25, -0.2) is 0 Å². The third-order valence-electron chi connectivity index (χ3n) is 3.29. The first kappa shape index (κ1) is 10.4. The first-order chi connectivity index (χ1) is 7.31. The molecule has 15 heavy (non-hydrogen) atoms. The van der Waals surface area contributed by atoms with Crippen molar-refractivity contribution in [1.29, 1.82) is 0 Å². The molecule has 0 aliphatic carbocycles. The van der Waals surface area contributed by atoms with Crippen LogP contribution >= 0.6 is 0 Å². The number of aromatic nitrogens is 1. The molecule has 2 atom stereocenters. The molecule has 1 fully saturated rings. The van der Waals surface area contributed by atoms with Gasteiger partial charge in [0.25, 0.3) is 0 Å². The number of hydrogen-bond donors (Lipinski definition) is 1. The van der Waals surface area contributed by atoms with Gasteiger partial charge in [-0.3, -0.25) is 4.98 Å². The Morgan fingerprint density at radius 3 is 3.00 bits per heavy atom. The molecule has 1 saturated heterocycles. The predicted molar refractivity (Wildman–Crippen MR) is 63.1 cm³/mol. The number of piperidine rings is 1. The lowest BCUT2D eigenvalue weighted by Crippen LogP contribution is -2.47. The molecule has 3 heteroatoms. The van der Waals surface area contributed by atoms with Crippen LogP contribution in [0, 0.1) is 5.92 Å². The molecule has 0 saturated carbocycles. The molecule has 1 aromatic heterocycles. The second-order valence-corrected chi connectivity index (χ2v) is 4.32. The van der Waals surface area contributed by atoms with Crippen molar-refractivity contribution < 1.29 is 0 Å². The molecule has 0 amide bonds. The van der Waals surface area contributed by atoms with E-state index in [-0.39, 0.29) is 0 Å². The largest absolute Gasteiger partial charge is 0.370 e. The fourth-order valence-corrected chi connectivity index (χ4v) is 2.35. The molecule has 0 spiro atoms. The van der Waals surface area contributed by atoms with E-state index in [0.717, 1.165) is 13.1 Å². The number of anilines is 1. The van der Waals surface area contributed by atoms with Crippen LogP contribution in [-0.2, 0) is 0 Å². The van der Waals surface area contributed by atoms with Gasteiger partial charge in [0.1, 0.15) is 0 Å². The molecule has 0 aromatic carbocycles. The number of nitrogens with zero attached hydrogens (tertiary/aromatic N) is 2. The summed E-state index contributed by atoms with van der Waals surface area (Å²) in [6.07, 6.45) is 4.99. The molecule has 1 aliphatic rings. The van der Waals surface area contributed by atoms with Crippen molar-refractivity contribution in [2.45, 2.75) is 19.4 Å². The van der Waals surface area contributed by atoms with Crippen LogP contribution in [0.25, 0.3) is 0 Å². The quantitative estimate of drug-likeness (QED) is 0.793. The molecular weight excluding hydrogens is 186 g/mol. The van der Waals surface area contributed by atoms with Crippen LogP contribution in [0.5, 0.6) is 0 Å². The van der Waals surface area contributed by atoms with E-state index in [1.807, 2.05) is 18.5 Å². The third kappa shape index (κ3) is 2.29. The lowest BCUT2D eigenvalue weighted by atomic mass is 9.94. The molecule has 2 unspecified atom stereocenters. The summed E-state index contributed by atoms with van der Waals surface area (Å²) in [5.41, 5.74) is 1.25. The zero-order valence-corrected chi connectivity index (χ0v) is 9.48. The average Bonchev–Trinajstić information content (AvgIpc) is 2.30. The SMILES string of the molecule is CNC1CCN(c2cccnc2)CC1C. The van der Waals surface area contributed by atoms with Crippen molar-refractivity contribution in [1.82, 2.24) is 10.3 Å². The minimum atomic E-state index is 0.665. The molecule has 3 nitrogen and oxygen atoms in total. The highest BCUT2D eigenvalue weighted by molar-refractivity contribution is 5.44. The van der Waals surface area contributed by atoms with Gasteiger partial charge in [-0.05, 0) is 31.5 Å². The van der Waals surface area contributed by atoms with Gasteiger partial charge in [0.05, 0.1) is 11.9 Å². The topological polar surface area (TPSA) is 28.2 Å². The standard InChI is InChI=1S/C12H19N3/c1-10-9-15(7-5-12(10)13-2)11-4-3-6-14-8-11/h3-4,6,8,10,12-13H,5,7,9H2,1-2H3. The van der Waals surface area contributed by atoms with Crippen molar-refractivity contribution in [2.75, 3.05) is 25.0 Å². The Hall–Kier alpha value is -1.09. The van der Waals surface area contributed by atoms with Gasteiger partial charge in [0, 0.05) is 25.3 Å². The van der Waals surface area contributed by atoms with E-state index >= 15 is 0 Å². The molecule has 2 heterocycles. The van der Waals surface area contributed by atoms with E-state index in [0.29, 0.717) is 12.0 Å². The summed E-state index contributed by atoms with van der Waals surface area (Å²) in [5, 5.41) is 3.38. The summed E-state index contributed by atoms with van der Waals surface area (Å²) in [5.74, 6) is 0.698. The van der Waals surface area contributed by atoms with Crippen LogP contribution < -0.4 is 10.2 Å². The second kappa shape index (κ2) is 4.62. The number of nitrogens with one attached hydrogen (secondary N) is 1. The van der Waals surface area contributed by atoms with Crippen molar-refractivity contribution in [2.24, 2.45) is 5.92 Å². The van der Waals surface area contributed by atoms with Gasteiger partial charge in [-0.1, -0.05) is 6.92 Å². The molecule has 1 aromatic rings. The Morgan fingerprint density at radius 2 is 2.40 bits per heavy atom. The summed E-state index contributed by atoms with van der Waals surface area (Å²) in [6, 6.07) is 4.81. The maximum atomic E-state index is 4.17. The van der Waals surface area contributed by atoms with E-state index in [9.17, 15) is 0 Å².